The maximum Gasteiger partial charge on any atom is 0.222 e. The van der Waals surface area contributed by atoms with Crippen LogP contribution in [0.4, 0.5) is 5.95 Å². The number of rotatable bonds is 6. The summed E-state index contributed by atoms with van der Waals surface area (Å²) in [4.78, 5) is 8.02. The summed E-state index contributed by atoms with van der Waals surface area (Å²) in [5.74, 6) is 0.953. The highest BCUT2D eigenvalue weighted by Crippen LogP contribution is 2.07. The van der Waals surface area contributed by atoms with Crippen molar-refractivity contribution in [3.05, 3.63) is 17.4 Å². The van der Waals surface area contributed by atoms with E-state index in [1.807, 2.05) is 6.92 Å². The van der Waals surface area contributed by atoms with Crippen molar-refractivity contribution < 1.29 is 5.11 Å². The molecule has 1 aromatic heterocycles. The van der Waals surface area contributed by atoms with E-state index in [4.69, 9.17) is 16.7 Å². The van der Waals surface area contributed by atoms with Crippen molar-refractivity contribution in [1.29, 1.82) is 0 Å². The van der Waals surface area contributed by atoms with Crippen LogP contribution in [0.15, 0.2) is 12.4 Å². The van der Waals surface area contributed by atoms with Gasteiger partial charge in [0, 0.05) is 13.2 Å². The number of hydrogen-bond donors (Lipinski definition) is 2. The van der Waals surface area contributed by atoms with Gasteiger partial charge in [-0.15, -0.1) is 0 Å². The lowest BCUT2D eigenvalue weighted by atomic mass is 10.1. The van der Waals surface area contributed by atoms with E-state index in [2.05, 4.69) is 15.3 Å². The van der Waals surface area contributed by atoms with Gasteiger partial charge in [-0.05, 0) is 18.8 Å². The number of aliphatic hydroxyl groups excluding tert-OH is 1. The molecule has 0 spiro atoms. The van der Waals surface area contributed by atoms with Crippen LogP contribution < -0.4 is 5.32 Å². The second kappa shape index (κ2) is 6.58. The third-order valence-electron chi connectivity index (χ3n) is 2.09. The van der Waals surface area contributed by atoms with Crippen molar-refractivity contribution in [2.45, 2.75) is 19.8 Å². The molecule has 0 amide bonds. The van der Waals surface area contributed by atoms with Crippen molar-refractivity contribution >= 4 is 17.5 Å². The lowest BCUT2D eigenvalue weighted by Gasteiger charge is -2.07. The Labute approximate surface area is 94.7 Å². The first-order valence-corrected chi connectivity index (χ1v) is 5.42. The van der Waals surface area contributed by atoms with E-state index in [1.54, 1.807) is 12.4 Å². The Morgan fingerprint density at radius 3 is 2.73 bits per heavy atom. The lowest BCUT2D eigenvalue weighted by molar-refractivity contribution is 0.229. The highest BCUT2D eigenvalue weighted by atomic mass is 35.5. The van der Waals surface area contributed by atoms with Crippen molar-refractivity contribution in [1.82, 2.24) is 9.97 Å². The molecule has 4 nitrogen and oxygen atoms in total. The molecule has 0 saturated heterocycles. The molecule has 1 rings (SSSR count). The SMILES string of the molecule is CC(CO)CCCNc1ncc(Cl)cn1. The summed E-state index contributed by atoms with van der Waals surface area (Å²) in [5, 5.41) is 12.4. The summed E-state index contributed by atoms with van der Waals surface area (Å²) in [7, 11) is 0. The van der Waals surface area contributed by atoms with Crippen LogP contribution in [-0.2, 0) is 0 Å². The Kier molecular flexibility index (Phi) is 5.36. The Morgan fingerprint density at radius 1 is 1.47 bits per heavy atom. The first-order valence-electron chi connectivity index (χ1n) is 5.04. The van der Waals surface area contributed by atoms with E-state index < -0.39 is 0 Å². The summed E-state index contributed by atoms with van der Waals surface area (Å²) >= 11 is 5.65. The molecule has 0 saturated carbocycles. The van der Waals surface area contributed by atoms with Crippen molar-refractivity contribution in [2.75, 3.05) is 18.5 Å². The van der Waals surface area contributed by atoms with Gasteiger partial charge in [0.05, 0.1) is 17.4 Å². The minimum absolute atomic E-state index is 0.247. The molecule has 0 fully saturated rings. The first kappa shape index (κ1) is 12.2. The Morgan fingerprint density at radius 2 is 2.13 bits per heavy atom. The predicted molar refractivity (Wildman–Crippen MR) is 61.0 cm³/mol. The van der Waals surface area contributed by atoms with Gasteiger partial charge in [-0.3, -0.25) is 0 Å². The largest absolute Gasteiger partial charge is 0.396 e. The zero-order valence-electron chi connectivity index (χ0n) is 8.78. The molecule has 84 valence electrons. The van der Waals surface area contributed by atoms with Gasteiger partial charge in [-0.1, -0.05) is 18.5 Å². The summed E-state index contributed by atoms with van der Waals surface area (Å²) in [6.45, 7) is 3.09. The van der Waals surface area contributed by atoms with Gasteiger partial charge in [0.2, 0.25) is 5.95 Å². The van der Waals surface area contributed by atoms with Crippen molar-refractivity contribution in [3.8, 4) is 0 Å². The maximum absolute atomic E-state index is 8.82. The average molecular weight is 230 g/mol. The molecule has 15 heavy (non-hydrogen) atoms. The molecule has 1 aromatic rings. The second-order valence-electron chi connectivity index (χ2n) is 3.58. The third kappa shape index (κ3) is 4.95. The fraction of sp³-hybridized carbons (Fsp3) is 0.600. The number of anilines is 1. The van der Waals surface area contributed by atoms with Gasteiger partial charge >= 0.3 is 0 Å². The number of halogens is 1. The normalized spacial score (nSPS) is 12.5. The molecule has 2 N–H and O–H groups in total. The Balaban J connectivity index is 2.17. The van der Waals surface area contributed by atoms with Gasteiger partial charge in [0.25, 0.3) is 0 Å². The maximum atomic E-state index is 8.82. The highest BCUT2D eigenvalue weighted by molar-refractivity contribution is 6.30. The van der Waals surface area contributed by atoms with Gasteiger partial charge in [0.1, 0.15) is 0 Å². The molecule has 5 heteroatoms. The molecule has 0 bridgehead atoms. The Hall–Kier alpha value is -0.870. The van der Waals surface area contributed by atoms with Crippen LogP contribution in [0.5, 0.6) is 0 Å². The Bertz CT molecular complexity index is 279. The van der Waals surface area contributed by atoms with Crippen LogP contribution in [0.25, 0.3) is 0 Å². The van der Waals surface area contributed by atoms with Crippen LogP contribution in [0.2, 0.25) is 5.02 Å². The molecule has 1 atom stereocenters. The number of aromatic nitrogens is 2. The van der Waals surface area contributed by atoms with Crippen LogP contribution in [0.1, 0.15) is 19.8 Å². The monoisotopic (exact) mass is 229 g/mol. The summed E-state index contributed by atoms with van der Waals surface area (Å²) in [6.07, 6.45) is 5.12. The smallest absolute Gasteiger partial charge is 0.222 e. The molecule has 0 aromatic carbocycles. The third-order valence-corrected chi connectivity index (χ3v) is 2.28. The van der Waals surface area contributed by atoms with Gasteiger partial charge in [-0.25, -0.2) is 9.97 Å². The zero-order chi connectivity index (χ0) is 11.1. The van der Waals surface area contributed by atoms with Crippen LogP contribution in [0, 0.1) is 5.92 Å². The van der Waals surface area contributed by atoms with Gasteiger partial charge < -0.3 is 10.4 Å². The fourth-order valence-corrected chi connectivity index (χ4v) is 1.24. The first-order chi connectivity index (χ1) is 7.22. The number of nitrogens with zero attached hydrogens (tertiary/aromatic N) is 2. The van der Waals surface area contributed by atoms with Crippen LogP contribution in [-0.4, -0.2) is 28.2 Å². The van der Waals surface area contributed by atoms with Gasteiger partial charge in [0.15, 0.2) is 0 Å². The quantitative estimate of drug-likeness (QED) is 0.733. The molecule has 1 heterocycles. The van der Waals surface area contributed by atoms with Gasteiger partial charge in [-0.2, -0.15) is 0 Å². The molecule has 1 unspecified atom stereocenters. The molecule has 0 aliphatic carbocycles. The summed E-state index contributed by atoms with van der Waals surface area (Å²) in [5.41, 5.74) is 0. The highest BCUT2D eigenvalue weighted by Gasteiger charge is 1.99. The van der Waals surface area contributed by atoms with E-state index in [-0.39, 0.29) is 6.61 Å². The summed E-state index contributed by atoms with van der Waals surface area (Å²) in [6, 6.07) is 0. The fourth-order valence-electron chi connectivity index (χ4n) is 1.15. The van der Waals surface area contributed by atoms with Crippen LogP contribution in [0.3, 0.4) is 0 Å². The number of aliphatic hydroxyl groups is 1. The predicted octanol–water partition coefficient (Wildman–Crippen LogP) is 1.95. The molecular formula is C10H16ClN3O. The van der Waals surface area contributed by atoms with Crippen molar-refractivity contribution in [3.63, 3.8) is 0 Å². The second-order valence-corrected chi connectivity index (χ2v) is 4.02. The van der Waals surface area contributed by atoms with E-state index in [1.165, 1.54) is 0 Å². The van der Waals surface area contributed by atoms with E-state index in [9.17, 15) is 0 Å². The minimum Gasteiger partial charge on any atom is -0.396 e. The number of hydrogen-bond acceptors (Lipinski definition) is 4. The number of nitrogens with one attached hydrogen (secondary N) is 1. The summed E-state index contributed by atoms with van der Waals surface area (Å²) < 4.78 is 0. The molecule has 0 aliphatic rings. The molecular weight excluding hydrogens is 214 g/mol. The molecule has 0 radical (unpaired) electrons. The van der Waals surface area contributed by atoms with E-state index in [0.29, 0.717) is 16.9 Å². The topological polar surface area (TPSA) is 58.0 Å². The van der Waals surface area contributed by atoms with Crippen LogP contribution >= 0.6 is 11.6 Å². The zero-order valence-corrected chi connectivity index (χ0v) is 9.54. The average Bonchev–Trinajstić information content (AvgIpc) is 2.26. The minimum atomic E-state index is 0.247. The van der Waals surface area contributed by atoms with E-state index in [0.717, 1.165) is 19.4 Å². The molecule has 0 aliphatic heterocycles. The lowest BCUT2D eigenvalue weighted by Crippen LogP contribution is -2.08. The standard InChI is InChI=1S/C10H16ClN3O/c1-8(7-15)3-2-4-12-10-13-5-9(11)6-14-10/h5-6,8,15H,2-4,7H2,1H3,(H,12,13,14). The van der Waals surface area contributed by atoms with E-state index >= 15 is 0 Å². The van der Waals surface area contributed by atoms with Crippen molar-refractivity contribution in [2.24, 2.45) is 5.92 Å².